The van der Waals surface area contributed by atoms with Gasteiger partial charge in [-0.25, -0.2) is 0 Å². The molecule has 2 fully saturated rings. The highest BCUT2D eigenvalue weighted by molar-refractivity contribution is 5.24. The molecule has 1 spiro atoms. The Labute approximate surface area is 85.0 Å². The molecular weight excluding hydrogens is 176 g/mol. The van der Waals surface area contributed by atoms with Gasteiger partial charge in [0.1, 0.15) is 11.4 Å². The molecule has 3 rings (SSSR count). The first-order valence-corrected chi connectivity index (χ1v) is 5.83. The van der Waals surface area contributed by atoms with Crippen molar-refractivity contribution in [3.8, 4) is 0 Å². The van der Waals surface area contributed by atoms with Gasteiger partial charge in [0.05, 0.1) is 6.61 Å². The zero-order chi connectivity index (χ0) is 9.65. The molecule has 0 aromatic rings. The lowest BCUT2D eigenvalue weighted by atomic mass is 9.59. The van der Waals surface area contributed by atoms with Gasteiger partial charge in [0.15, 0.2) is 0 Å². The summed E-state index contributed by atoms with van der Waals surface area (Å²) in [5.41, 5.74) is -0.398. The standard InChI is InChI=1S/C12H18O2/c13-12(10-4-1-9-14-10)8-3-7-11(12)5-2-6-11/h4,13H,1-3,5-9H2. The van der Waals surface area contributed by atoms with Crippen LogP contribution < -0.4 is 0 Å². The predicted molar refractivity (Wildman–Crippen MR) is 53.7 cm³/mol. The first-order chi connectivity index (χ1) is 6.77. The molecule has 78 valence electrons. The second kappa shape index (κ2) is 2.75. The number of hydrogen-bond acceptors (Lipinski definition) is 2. The number of rotatable bonds is 1. The third-order valence-corrected chi connectivity index (χ3v) is 4.49. The van der Waals surface area contributed by atoms with Crippen LogP contribution in [0.5, 0.6) is 0 Å². The monoisotopic (exact) mass is 194 g/mol. The molecule has 0 aromatic carbocycles. The van der Waals surface area contributed by atoms with Crippen LogP contribution in [0, 0.1) is 5.41 Å². The summed E-state index contributed by atoms with van der Waals surface area (Å²) >= 11 is 0. The Bertz CT molecular complexity index is 278. The van der Waals surface area contributed by atoms with Gasteiger partial charge in [0.2, 0.25) is 0 Å². The van der Waals surface area contributed by atoms with Crippen molar-refractivity contribution in [3.63, 3.8) is 0 Å². The van der Waals surface area contributed by atoms with Gasteiger partial charge in [0.25, 0.3) is 0 Å². The van der Waals surface area contributed by atoms with Gasteiger partial charge in [-0.3, -0.25) is 0 Å². The fraction of sp³-hybridized carbons (Fsp3) is 0.833. The van der Waals surface area contributed by atoms with Crippen LogP contribution >= 0.6 is 0 Å². The Morgan fingerprint density at radius 3 is 2.43 bits per heavy atom. The maximum absolute atomic E-state index is 10.8. The summed E-state index contributed by atoms with van der Waals surface area (Å²) in [6.45, 7) is 0.772. The molecule has 1 heterocycles. The molecule has 0 radical (unpaired) electrons. The zero-order valence-electron chi connectivity index (χ0n) is 8.59. The second-order valence-corrected chi connectivity index (χ2v) is 5.05. The predicted octanol–water partition coefficient (Wildman–Crippen LogP) is 2.38. The molecule has 2 saturated carbocycles. The normalized spacial score (nSPS) is 39.4. The maximum atomic E-state index is 10.8. The van der Waals surface area contributed by atoms with E-state index in [1.165, 1.54) is 25.7 Å². The highest BCUT2D eigenvalue weighted by Gasteiger charge is 2.59. The van der Waals surface area contributed by atoms with E-state index in [0.29, 0.717) is 0 Å². The molecule has 1 unspecified atom stereocenters. The average Bonchev–Trinajstić information content (AvgIpc) is 2.67. The summed E-state index contributed by atoms with van der Waals surface area (Å²) in [6, 6.07) is 0. The van der Waals surface area contributed by atoms with Crippen LogP contribution in [0.1, 0.15) is 44.9 Å². The Morgan fingerprint density at radius 2 is 1.86 bits per heavy atom. The minimum atomic E-state index is -0.595. The van der Waals surface area contributed by atoms with E-state index in [1.807, 2.05) is 0 Å². The number of hydrogen-bond donors (Lipinski definition) is 1. The first kappa shape index (κ1) is 8.78. The van der Waals surface area contributed by atoms with Crippen LogP contribution in [0.2, 0.25) is 0 Å². The van der Waals surface area contributed by atoms with Crippen molar-refractivity contribution in [2.24, 2.45) is 5.41 Å². The van der Waals surface area contributed by atoms with Gasteiger partial charge >= 0.3 is 0 Å². The first-order valence-electron chi connectivity index (χ1n) is 5.83. The van der Waals surface area contributed by atoms with Gasteiger partial charge in [-0.05, 0) is 38.2 Å². The third kappa shape index (κ3) is 0.902. The topological polar surface area (TPSA) is 29.5 Å². The molecule has 14 heavy (non-hydrogen) atoms. The molecule has 0 bridgehead atoms. The van der Waals surface area contributed by atoms with Crippen molar-refractivity contribution < 1.29 is 9.84 Å². The van der Waals surface area contributed by atoms with E-state index in [0.717, 1.165) is 31.6 Å². The minimum Gasteiger partial charge on any atom is -0.495 e. The lowest BCUT2D eigenvalue weighted by Gasteiger charge is -2.49. The molecule has 1 atom stereocenters. The Kier molecular flexibility index (Phi) is 1.73. The van der Waals surface area contributed by atoms with Crippen molar-refractivity contribution in [2.45, 2.75) is 50.5 Å². The van der Waals surface area contributed by atoms with E-state index in [-0.39, 0.29) is 5.41 Å². The molecular formula is C12H18O2. The van der Waals surface area contributed by atoms with Gasteiger partial charge in [0, 0.05) is 11.8 Å². The van der Waals surface area contributed by atoms with Gasteiger partial charge < -0.3 is 9.84 Å². The van der Waals surface area contributed by atoms with Crippen molar-refractivity contribution in [3.05, 3.63) is 11.8 Å². The van der Waals surface area contributed by atoms with Crippen LogP contribution in [0.4, 0.5) is 0 Å². The molecule has 2 nitrogen and oxygen atoms in total. The molecule has 2 heteroatoms. The van der Waals surface area contributed by atoms with Crippen LogP contribution in [0.3, 0.4) is 0 Å². The highest BCUT2D eigenvalue weighted by Crippen LogP contribution is 2.61. The average molecular weight is 194 g/mol. The van der Waals surface area contributed by atoms with Crippen molar-refractivity contribution >= 4 is 0 Å². The Morgan fingerprint density at radius 1 is 1.14 bits per heavy atom. The molecule has 0 amide bonds. The Balaban J connectivity index is 1.93. The summed E-state index contributed by atoms with van der Waals surface area (Å²) < 4.78 is 5.58. The number of ether oxygens (including phenoxy) is 1. The van der Waals surface area contributed by atoms with Crippen LogP contribution in [-0.4, -0.2) is 17.3 Å². The third-order valence-electron chi connectivity index (χ3n) is 4.49. The zero-order valence-corrected chi connectivity index (χ0v) is 8.59. The molecule has 2 aliphatic carbocycles. The van der Waals surface area contributed by atoms with E-state index < -0.39 is 5.60 Å². The van der Waals surface area contributed by atoms with Crippen molar-refractivity contribution in [2.75, 3.05) is 6.61 Å². The summed E-state index contributed by atoms with van der Waals surface area (Å²) in [6.07, 6.45) is 10.0. The quantitative estimate of drug-likeness (QED) is 0.694. The summed E-state index contributed by atoms with van der Waals surface area (Å²) in [5.74, 6) is 0.898. The number of aliphatic hydroxyl groups is 1. The summed E-state index contributed by atoms with van der Waals surface area (Å²) in [5, 5.41) is 10.8. The van der Waals surface area contributed by atoms with Crippen LogP contribution in [0.15, 0.2) is 11.8 Å². The van der Waals surface area contributed by atoms with Gasteiger partial charge in [-0.2, -0.15) is 0 Å². The van der Waals surface area contributed by atoms with Crippen LogP contribution in [0.25, 0.3) is 0 Å². The summed E-state index contributed by atoms with van der Waals surface area (Å²) in [7, 11) is 0. The summed E-state index contributed by atoms with van der Waals surface area (Å²) in [4.78, 5) is 0. The maximum Gasteiger partial charge on any atom is 0.127 e. The van der Waals surface area contributed by atoms with Crippen LogP contribution in [-0.2, 0) is 4.74 Å². The molecule has 1 aliphatic heterocycles. The fourth-order valence-corrected chi connectivity index (χ4v) is 3.51. The smallest absolute Gasteiger partial charge is 0.127 e. The SMILES string of the molecule is OC1(C2=CCCO2)CCCC12CCC2. The molecule has 3 aliphatic rings. The lowest BCUT2D eigenvalue weighted by molar-refractivity contribution is -0.104. The van der Waals surface area contributed by atoms with E-state index in [9.17, 15) is 5.11 Å². The molecule has 0 aromatic heterocycles. The minimum absolute atomic E-state index is 0.198. The van der Waals surface area contributed by atoms with E-state index in [2.05, 4.69) is 6.08 Å². The molecule has 1 N–H and O–H groups in total. The Hall–Kier alpha value is -0.500. The van der Waals surface area contributed by atoms with E-state index in [1.54, 1.807) is 0 Å². The lowest BCUT2D eigenvalue weighted by Crippen LogP contribution is -2.49. The second-order valence-electron chi connectivity index (χ2n) is 5.05. The van der Waals surface area contributed by atoms with Crippen molar-refractivity contribution in [1.29, 1.82) is 0 Å². The fourth-order valence-electron chi connectivity index (χ4n) is 3.51. The highest BCUT2D eigenvalue weighted by atomic mass is 16.5. The largest absolute Gasteiger partial charge is 0.495 e. The van der Waals surface area contributed by atoms with Crippen molar-refractivity contribution in [1.82, 2.24) is 0 Å². The van der Waals surface area contributed by atoms with Gasteiger partial charge in [-0.15, -0.1) is 0 Å². The molecule has 0 saturated heterocycles. The van der Waals surface area contributed by atoms with E-state index in [4.69, 9.17) is 4.74 Å². The van der Waals surface area contributed by atoms with Gasteiger partial charge in [-0.1, -0.05) is 6.42 Å². The van der Waals surface area contributed by atoms with E-state index >= 15 is 0 Å².